The van der Waals surface area contributed by atoms with E-state index in [1.165, 1.54) is 0 Å². The fraction of sp³-hybridized carbons (Fsp3) is 0.538. The molecule has 0 amide bonds. The van der Waals surface area contributed by atoms with Gasteiger partial charge in [-0.25, -0.2) is 0 Å². The number of hydrogen-bond acceptors (Lipinski definition) is 3. The maximum Gasteiger partial charge on any atom is 0.124 e. The molecule has 0 radical (unpaired) electrons. The predicted molar refractivity (Wildman–Crippen MR) is 71.4 cm³/mol. The summed E-state index contributed by atoms with van der Waals surface area (Å²) in [6, 6.07) is 6.12. The van der Waals surface area contributed by atoms with Gasteiger partial charge in [0.1, 0.15) is 11.5 Å². The molecule has 0 saturated heterocycles. The number of anilines is 1. The summed E-state index contributed by atoms with van der Waals surface area (Å²) in [6.07, 6.45) is 0. The molecule has 0 fully saturated rings. The molecule has 17 heavy (non-hydrogen) atoms. The Bertz CT molecular complexity index is 318. The van der Waals surface area contributed by atoms with Crippen LogP contribution in [-0.2, 0) is 0 Å². The van der Waals surface area contributed by atoms with E-state index < -0.39 is 0 Å². The lowest BCUT2D eigenvalue weighted by atomic mass is 10.2. The van der Waals surface area contributed by atoms with Gasteiger partial charge in [-0.05, 0) is 6.54 Å². The number of rotatable bonds is 7. The van der Waals surface area contributed by atoms with Crippen LogP contribution in [0, 0.1) is 0 Å². The molecule has 0 unspecified atom stereocenters. The predicted octanol–water partition coefficient (Wildman–Crippen LogP) is 2.90. The first-order valence-corrected chi connectivity index (χ1v) is 5.79. The molecular weight excluding hydrogens is 216 g/mol. The van der Waals surface area contributed by atoms with E-state index in [-0.39, 0.29) is 0 Å². The van der Waals surface area contributed by atoms with Crippen molar-refractivity contribution in [2.45, 2.75) is 19.9 Å². The second-order valence-corrected chi connectivity index (χ2v) is 4.03. The molecule has 0 atom stereocenters. The maximum absolute atomic E-state index is 5.20. The van der Waals surface area contributed by atoms with Crippen molar-refractivity contribution in [1.82, 2.24) is 0 Å². The molecule has 0 aliphatic heterocycles. The molecule has 0 aliphatic rings. The monoisotopic (exact) mass is 237 g/mol. The van der Waals surface area contributed by atoms with Crippen LogP contribution in [-0.4, -0.2) is 33.4 Å². The minimum absolute atomic E-state index is 0.386. The Morgan fingerprint density at radius 2 is 1.71 bits per heavy atom. The lowest BCUT2D eigenvalue weighted by Crippen LogP contribution is -2.08. The van der Waals surface area contributed by atoms with E-state index in [0.717, 1.165) is 30.3 Å². The van der Waals surface area contributed by atoms with Crippen LogP contribution >= 0.6 is 0 Å². The lowest BCUT2D eigenvalue weighted by molar-refractivity contribution is 0.394. The maximum atomic E-state index is 5.20. The molecule has 4 nitrogen and oxygen atoms in total. The van der Waals surface area contributed by atoms with E-state index in [4.69, 9.17) is 9.47 Å². The van der Waals surface area contributed by atoms with E-state index in [1.807, 2.05) is 18.2 Å². The summed E-state index contributed by atoms with van der Waals surface area (Å²) in [5, 5.41) is 7.70. The molecule has 1 aromatic carbocycles. The highest BCUT2D eigenvalue weighted by Crippen LogP contribution is 2.25. The van der Waals surface area contributed by atoms with Gasteiger partial charge in [0.15, 0.2) is 0 Å². The highest BCUT2D eigenvalue weighted by molar-refractivity contribution is 5.53. The van der Waals surface area contributed by atoms with Crippen LogP contribution in [0.1, 0.15) is 13.8 Å². The molecule has 0 saturated carbocycles. The van der Waals surface area contributed by atoms with Crippen LogP contribution in [0.3, 0.4) is 0 Å². The average Bonchev–Trinajstić information content (AvgIpc) is 2.34. The lowest BCUT2D eigenvalue weighted by Gasteiger charge is -2.24. The zero-order valence-corrected chi connectivity index (χ0v) is 11.0. The van der Waals surface area contributed by atoms with Gasteiger partial charge in [-0.2, -0.15) is 0 Å². The molecule has 0 heterocycles. The van der Waals surface area contributed by atoms with E-state index in [9.17, 15) is 0 Å². The van der Waals surface area contributed by atoms with Crippen LogP contribution in [0.15, 0.2) is 18.2 Å². The van der Waals surface area contributed by atoms with Gasteiger partial charge < -0.3 is 20.1 Å². The van der Waals surface area contributed by atoms with Crippen molar-refractivity contribution >= 4 is 5.69 Å². The van der Waals surface area contributed by atoms with Crippen molar-refractivity contribution in [3.8, 4) is 11.5 Å². The van der Waals surface area contributed by atoms with Crippen molar-refractivity contribution in [2.24, 2.45) is 0 Å². The molecule has 4 heteroatoms. The van der Waals surface area contributed by atoms with Gasteiger partial charge in [0.2, 0.25) is 0 Å². The number of ether oxygens (including phenoxy) is 2. The van der Waals surface area contributed by atoms with Crippen molar-refractivity contribution < 1.29 is 9.47 Å². The molecule has 1 aromatic rings. The second-order valence-electron chi connectivity index (χ2n) is 4.03. The summed E-state index contributed by atoms with van der Waals surface area (Å²) < 4.78 is 10.4. The van der Waals surface area contributed by atoms with Crippen LogP contribution < -0.4 is 14.8 Å². The van der Waals surface area contributed by atoms with Gasteiger partial charge in [-0.15, -0.1) is 12.6 Å². The van der Waals surface area contributed by atoms with Crippen molar-refractivity contribution in [3.63, 3.8) is 0 Å². The topological polar surface area (TPSA) is 44.6 Å². The van der Waals surface area contributed by atoms with Crippen LogP contribution in [0.4, 0.5) is 5.69 Å². The molecule has 0 spiro atoms. The third kappa shape index (κ3) is 4.95. The summed E-state index contributed by atoms with van der Waals surface area (Å²) in [6.45, 7) is 5.77. The van der Waals surface area contributed by atoms with E-state index in [0.29, 0.717) is 6.04 Å². The van der Waals surface area contributed by atoms with Crippen molar-refractivity contribution in [2.75, 3.05) is 32.6 Å². The third-order valence-corrected chi connectivity index (χ3v) is 2.29. The number of nitrogens with one attached hydrogen (secondary N) is 1. The minimum atomic E-state index is 0.386. The largest absolute Gasteiger partial charge is 0.659 e. The van der Waals surface area contributed by atoms with Gasteiger partial charge in [0, 0.05) is 23.9 Å². The van der Waals surface area contributed by atoms with Gasteiger partial charge in [-0.1, -0.05) is 13.8 Å². The molecular formula is C13H21N2O2-. The molecule has 96 valence electrons. The summed E-state index contributed by atoms with van der Waals surface area (Å²) in [5.74, 6) is 1.57. The van der Waals surface area contributed by atoms with E-state index >= 15 is 0 Å². The van der Waals surface area contributed by atoms with Crippen molar-refractivity contribution in [1.29, 1.82) is 0 Å². The minimum Gasteiger partial charge on any atom is -0.659 e. The van der Waals surface area contributed by atoms with Crippen LogP contribution in [0.5, 0.6) is 11.5 Å². The normalized spacial score (nSPS) is 10.4. The standard InChI is InChI=1S/C13H21N2O2/c1-10(2)14-5-6-15-11-7-12(16-3)9-13(8-11)17-4/h7-10,15H,5-6H2,1-4H3/q-1. The highest BCUT2D eigenvalue weighted by atomic mass is 16.5. The number of benzene rings is 1. The number of hydrogen-bond donors (Lipinski definition) is 1. The summed E-state index contributed by atoms with van der Waals surface area (Å²) >= 11 is 0. The van der Waals surface area contributed by atoms with E-state index in [2.05, 4.69) is 24.5 Å². The Labute approximate surface area is 103 Å². The third-order valence-electron chi connectivity index (χ3n) is 2.29. The van der Waals surface area contributed by atoms with Crippen molar-refractivity contribution in [3.05, 3.63) is 23.5 Å². The first kappa shape index (κ1) is 13.6. The smallest absolute Gasteiger partial charge is 0.124 e. The van der Waals surface area contributed by atoms with Crippen LogP contribution in [0.2, 0.25) is 0 Å². The Morgan fingerprint density at radius 1 is 1.12 bits per heavy atom. The van der Waals surface area contributed by atoms with Crippen LogP contribution in [0.25, 0.3) is 5.32 Å². The Hall–Kier alpha value is -1.42. The summed E-state index contributed by atoms with van der Waals surface area (Å²) in [5.41, 5.74) is 0.986. The van der Waals surface area contributed by atoms with Gasteiger partial charge in [-0.3, -0.25) is 0 Å². The summed E-state index contributed by atoms with van der Waals surface area (Å²) in [4.78, 5) is 0. The zero-order valence-electron chi connectivity index (χ0n) is 11.0. The van der Waals surface area contributed by atoms with Gasteiger partial charge in [0.05, 0.1) is 14.2 Å². The molecule has 0 bridgehead atoms. The Morgan fingerprint density at radius 3 is 2.18 bits per heavy atom. The quantitative estimate of drug-likeness (QED) is 0.742. The fourth-order valence-corrected chi connectivity index (χ4v) is 1.43. The fourth-order valence-electron chi connectivity index (χ4n) is 1.43. The SMILES string of the molecule is COc1cc(NCC[N-]C(C)C)cc(OC)c1. The molecule has 1 N–H and O–H groups in total. The average molecular weight is 237 g/mol. The summed E-state index contributed by atoms with van der Waals surface area (Å²) in [7, 11) is 3.29. The first-order chi connectivity index (χ1) is 8.15. The highest BCUT2D eigenvalue weighted by Gasteiger charge is 2.00. The Kier molecular flexibility index (Phi) is 5.63. The second kappa shape index (κ2) is 7.01. The van der Waals surface area contributed by atoms with E-state index in [1.54, 1.807) is 14.2 Å². The number of methoxy groups -OCH3 is 2. The van der Waals surface area contributed by atoms with Gasteiger partial charge in [0.25, 0.3) is 0 Å². The Balaban J connectivity index is 2.51. The van der Waals surface area contributed by atoms with Gasteiger partial charge >= 0.3 is 0 Å². The molecule has 0 aromatic heterocycles. The molecule has 1 rings (SSSR count). The zero-order chi connectivity index (χ0) is 12.7. The molecule has 0 aliphatic carbocycles. The first-order valence-electron chi connectivity index (χ1n) is 5.79. The number of nitrogens with zero attached hydrogens (tertiary/aromatic N) is 1.